The molecule has 2 nitrogen and oxygen atoms in total. The zero-order chi connectivity index (χ0) is 9.30. The highest BCUT2D eigenvalue weighted by molar-refractivity contribution is 6.62. The molecule has 0 amide bonds. The van der Waals surface area contributed by atoms with Crippen molar-refractivity contribution in [3.8, 4) is 0 Å². The summed E-state index contributed by atoms with van der Waals surface area (Å²) in [6, 6.07) is 2.00. The van der Waals surface area contributed by atoms with Gasteiger partial charge in [0.25, 0.3) is 0 Å². The third kappa shape index (κ3) is 1.90. The van der Waals surface area contributed by atoms with E-state index in [1.165, 1.54) is 0 Å². The van der Waals surface area contributed by atoms with E-state index in [9.17, 15) is 4.39 Å². The van der Waals surface area contributed by atoms with E-state index < -0.39 is 12.9 Å². The lowest BCUT2D eigenvalue weighted by Gasteiger charge is -2.03. The Balaban J connectivity index is 3.23. The van der Waals surface area contributed by atoms with Gasteiger partial charge in [0.1, 0.15) is 5.82 Å². The van der Waals surface area contributed by atoms with Crippen LogP contribution in [-0.2, 0) is 0 Å². The summed E-state index contributed by atoms with van der Waals surface area (Å²) in [6.45, 7) is 0. The second-order valence-electron chi connectivity index (χ2n) is 2.16. The molecule has 0 atom stereocenters. The van der Waals surface area contributed by atoms with Gasteiger partial charge in [0, 0.05) is 10.5 Å². The molecular weight excluding hydrogens is 205 g/mol. The molecule has 0 spiro atoms. The van der Waals surface area contributed by atoms with Crippen molar-refractivity contribution in [1.29, 1.82) is 0 Å². The second kappa shape index (κ2) is 3.62. The summed E-state index contributed by atoms with van der Waals surface area (Å²) in [4.78, 5) is 0. The molecule has 0 aliphatic rings. The monoisotopic (exact) mass is 208 g/mol. The van der Waals surface area contributed by atoms with Crippen molar-refractivity contribution in [1.82, 2.24) is 0 Å². The van der Waals surface area contributed by atoms with Crippen LogP contribution in [0.2, 0.25) is 10.0 Å². The summed E-state index contributed by atoms with van der Waals surface area (Å²) in [5.74, 6) is -0.732. The first kappa shape index (κ1) is 9.80. The second-order valence-corrected chi connectivity index (χ2v) is 2.98. The van der Waals surface area contributed by atoms with Crippen LogP contribution >= 0.6 is 23.2 Å². The maximum absolute atomic E-state index is 12.7. The molecule has 1 rings (SSSR count). The van der Waals surface area contributed by atoms with E-state index in [0.29, 0.717) is 0 Å². The van der Waals surface area contributed by atoms with Gasteiger partial charge in [-0.25, -0.2) is 4.39 Å². The fourth-order valence-electron chi connectivity index (χ4n) is 0.736. The van der Waals surface area contributed by atoms with Crippen molar-refractivity contribution in [3.05, 3.63) is 28.0 Å². The van der Waals surface area contributed by atoms with Crippen molar-refractivity contribution in [3.63, 3.8) is 0 Å². The number of hydrogen-bond donors (Lipinski definition) is 2. The average molecular weight is 209 g/mol. The van der Waals surface area contributed by atoms with E-state index >= 15 is 0 Å². The Hall–Kier alpha value is -0.285. The van der Waals surface area contributed by atoms with Crippen LogP contribution in [0.1, 0.15) is 0 Å². The van der Waals surface area contributed by atoms with Gasteiger partial charge in [0.2, 0.25) is 0 Å². The molecule has 0 bridgehead atoms. The Morgan fingerprint density at radius 3 is 2.25 bits per heavy atom. The van der Waals surface area contributed by atoms with Gasteiger partial charge in [-0.3, -0.25) is 0 Å². The fourth-order valence-corrected chi connectivity index (χ4v) is 1.22. The van der Waals surface area contributed by atoms with E-state index in [-0.39, 0.29) is 15.5 Å². The van der Waals surface area contributed by atoms with Crippen LogP contribution in [0.5, 0.6) is 0 Å². The van der Waals surface area contributed by atoms with Gasteiger partial charge in [0.05, 0.1) is 5.02 Å². The van der Waals surface area contributed by atoms with Crippen LogP contribution in [0, 0.1) is 5.82 Å². The van der Waals surface area contributed by atoms with Crippen molar-refractivity contribution < 1.29 is 14.4 Å². The molecule has 0 saturated carbocycles. The predicted octanol–water partition coefficient (Wildman–Crippen LogP) is 0.812. The Bertz CT molecular complexity index is 306. The summed E-state index contributed by atoms with van der Waals surface area (Å²) in [7, 11) is -1.79. The standard InChI is InChI=1S/C6H4BCl2FO2/c8-4-2-5(9)6(10)1-3(4)7(11)12/h1-2,11-12H. The summed E-state index contributed by atoms with van der Waals surface area (Å²) in [6.07, 6.45) is 0. The minimum atomic E-state index is -1.79. The van der Waals surface area contributed by atoms with E-state index in [1.807, 2.05) is 0 Å². The molecule has 1 aromatic rings. The number of hydrogen-bond acceptors (Lipinski definition) is 2. The maximum atomic E-state index is 12.7. The molecule has 0 unspecified atom stereocenters. The summed E-state index contributed by atoms with van der Waals surface area (Å²) in [5, 5.41) is 17.2. The normalized spacial score (nSPS) is 10.1. The van der Waals surface area contributed by atoms with Gasteiger partial charge < -0.3 is 10.0 Å². The average Bonchev–Trinajstić information content (AvgIpc) is 1.96. The Morgan fingerprint density at radius 1 is 1.17 bits per heavy atom. The predicted molar refractivity (Wildman–Crippen MR) is 46.2 cm³/mol. The molecule has 64 valence electrons. The van der Waals surface area contributed by atoms with Gasteiger partial charge in [-0.2, -0.15) is 0 Å². The number of halogens is 3. The van der Waals surface area contributed by atoms with Crippen molar-refractivity contribution in [2.45, 2.75) is 0 Å². The third-order valence-electron chi connectivity index (χ3n) is 1.32. The maximum Gasteiger partial charge on any atom is 0.490 e. The minimum Gasteiger partial charge on any atom is -0.423 e. The van der Waals surface area contributed by atoms with Gasteiger partial charge in [-0.15, -0.1) is 0 Å². The molecule has 0 heterocycles. The first-order valence-corrected chi connectivity index (χ1v) is 3.78. The zero-order valence-electron chi connectivity index (χ0n) is 5.76. The largest absolute Gasteiger partial charge is 0.490 e. The van der Waals surface area contributed by atoms with Crippen LogP contribution in [0.3, 0.4) is 0 Å². The minimum absolute atomic E-state index is 0.0244. The third-order valence-corrected chi connectivity index (χ3v) is 1.93. The first-order chi connectivity index (χ1) is 5.52. The highest BCUT2D eigenvalue weighted by Gasteiger charge is 2.17. The Kier molecular flexibility index (Phi) is 2.96. The van der Waals surface area contributed by atoms with Crippen molar-refractivity contribution >= 4 is 35.8 Å². The molecule has 0 aliphatic carbocycles. The Morgan fingerprint density at radius 2 is 1.75 bits per heavy atom. The quantitative estimate of drug-likeness (QED) is 0.530. The van der Waals surface area contributed by atoms with Gasteiger partial charge in [-0.1, -0.05) is 23.2 Å². The first-order valence-electron chi connectivity index (χ1n) is 3.03. The molecule has 0 saturated heterocycles. The molecule has 6 heteroatoms. The molecule has 0 aliphatic heterocycles. The number of benzene rings is 1. The molecule has 0 fully saturated rings. The topological polar surface area (TPSA) is 40.5 Å². The number of rotatable bonds is 1. The van der Waals surface area contributed by atoms with Crippen LogP contribution < -0.4 is 5.46 Å². The van der Waals surface area contributed by atoms with E-state index in [4.69, 9.17) is 33.2 Å². The molecular formula is C6H4BCl2FO2. The SMILES string of the molecule is OB(O)c1cc(F)c(Cl)cc1Cl. The smallest absolute Gasteiger partial charge is 0.423 e. The van der Waals surface area contributed by atoms with E-state index in [2.05, 4.69) is 0 Å². The highest BCUT2D eigenvalue weighted by Crippen LogP contribution is 2.17. The lowest BCUT2D eigenvalue weighted by molar-refractivity contribution is 0.425. The Labute approximate surface area is 78.7 Å². The van der Waals surface area contributed by atoms with Crippen LogP contribution in [0.25, 0.3) is 0 Å². The molecule has 0 radical (unpaired) electrons. The molecule has 0 aromatic heterocycles. The van der Waals surface area contributed by atoms with Crippen LogP contribution in [-0.4, -0.2) is 17.2 Å². The zero-order valence-corrected chi connectivity index (χ0v) is 7.27. The fraction of sp³-hybridized carbons (Fsp3) is 0. The summed E-state index contributed by atoms with van der Waals surface area (Å²) >= 11 is 10.9. The van der Waals surface area contributed by atoms with Gasteiger partial charge >= 0.3 is 7.12 Å². The van der Waals surface area contributed by atoms with Gasteiger partial charge in [-0.05, 0) is 12.1 Å². The van der Waals surface area contributed by atoms with Crippen molar-refractivity contribution in [2.75, 3.05) is 0 Å². The van der Waals surface area contributed by atoms with Crippen molar-refractivity contribution in [2.24, 2.45) is 0 Å². The van der Waals surface area contributed by atoms with E-state index in [1.54, 1.807) is 0 Å². The van der Waals surface area contributed by atoms with Crippen LogP contribution in [0.4, 0.5) is 4.39 Å². The van der Waals surface area contributed by atoms with Gasteiger partial charge in [0.15, 0.2) is 0 Å². The van der Waals surface area contributed by atoms with Crippen LogP contribution in [0.15, 0.2) is 12.1 Å². The lowest BCUT2D eigenvalue weighted by atomic mass is 9.80. The van der Waals surface area contributed by atoms with E-state index in [0.717, 1.165) is 12.1 Å². The summed E-state index contributed by atoms with van der Waals surface area (Å²) in [5.41, 5.74) is -0.0985. The molecule has 2 N–H and O–H groups in total. The lowest BCUT2D eigenvalue weighted by Crippen LogP contribution is -2.31. The highest BCUT2D eigenvalue weighted by atomic mass is 35.5. The molecule has 12 heavy (non-hydrogen) atoms. The molecule has 1 aromatic carbocycles. The summed E-state index contributed by atoms with van der Waals surface area (Å²) < 4.78 is 12.7.